The number of carbonyl (C=O) groups excluding carboxylic acids is 1. The molecule has 0 saturated carbocycles. The molecule has 0 N–H and O–H groups in total. The van der Waals surface area contributed by atoms with E-state index in [0.717, 1.165) is 10.9 Å². The summed E-state index contributed by atoms with van der Waals surface area (Å²) in [6.45, 7) is 4.28. The van der Waals surface area contributed by atoms with Crippen molar-refractivity contribution in [3.63, 3.8) is 0 Å². The summed E-state index contributed by atoms with van der Waals surface area (Å²) >= 11 is 9.13. The van der Waals surface area contributed by atoms with Gasteiger partial charge in [-0.1, -0.05) is 22.9 Å². The lowest BCUT2D eigenvalue weighted by Crippen LogP contribution is -2.12. The Hall–Kier alpha value is -0.540. The number of benzene rings is 1. The first-order valence-electron chi connectivity index (χ1n) is 5.17. The zero-order valence-corrected chi connectivity index (χ0v) is 11.6. The Morgan fingerprint density at radius 3 is 2.81 bits per heavy atom. The second-order valence-corrected chi connectivity index (χ2v) is 5.04. The van der Waals surface area contributed by atoms with Crippen LogP contribution in [0.25, 0.3) is 0 Å². The average Bonchev–Trinajstić information content (AvgIpc) is 2.26. The Morgan fingerprint density at radius 1 is 1.56 bits per heavy atom. The topological polar surface area (TPSA) is 26.3 Å². The highest BCUT2D eigenvalue weighted by atomic mass is 79.9. The smallest absolute Gasteiger partial charge is 0.184 e. The van der Waals surface area contributed by atoms with Crippen molar-refractivity contribution in [2.75, 3.05) is 6.61 Å². The minimum atomic E-state index is -0.543. The van der Waals surface area contributed by atoms with Crippen molar-refractivity contribution in [2.45, 2.75) is 25.6 Å². The number of Topliss-reactive ketones (excluding diaryl/α,β-unsaturated/α-hetero) is 1. The van der Waals surface area contributed by atoms with Crippen molar-refractivity contribution in [2.24, 2.45) is 0 Å². The molecule has 88 valence electrons. The number of hydrogen-bond donors (Lipinski definition) is 0. The van der Waals surface area contributed by atoms with Gasteiger partial charge < -0.3 is 4.74 Å². The standard InChI is InChI=1S/C12H14BrClO2/c1-3-6-16-11-5-4-9(13)7-10(11)12(15)8(2)14/h4-5,7-8H,3,6H2,1-2H3. The fourth-order valence-corrected chi connectivity index (χ4v) is 1.73. The summed E-state index contributed by atoms with van der Waals surface area (Å²) in [5, 5.41) is -0.543. The Balaban J connectivity index is 3.03. The molecule has 1 atom stereocenters. The lowest BCUT2D eigenvalue weighted by molar-refractivity contribution is 0.0987. The normalized spacial score (nSPS) is 12.2. The maximum Gasteiger partial charge on any atom is 0.184 e. The molecule has 0 bridgehead atoms. The molecule has 0 heterocycles. The quantitative estimate of drug-likeness (QED) is 0.606. The third kappa shape index (κ3) is 3.49. The minimum absolute atomic E-state index is 0.117. The first-order valence-corrected chi connectivity index (χ1v) is 6.39. The van der Waals surface area contributed by atoms with Crippen LogP contribution in [0.15, 0.2) is 22.7 Å². The van der Waals surface area contributed by atoms with Gasteiger partial charge in [0, 0.05) is 4.47 Å². The van der Waals surface area contributed by atoms with Crippen molar-refractivity contribution in [1.82, 2.24) is 0 Å². The molecular weight excluding hydrogens is 291 g/mol. The Bertz CT molecular complexity index is 377. The van der Waals surface area contributed by atoms with Gasteiger partial charge >= 0.3 is 0 Å². The molecule has 1 rings (SSSR count). The first-order chi connectivity index (χ1) is 7.56. The van der Waals surface area contributed by atoms with Gasteiger partial charge in [0.25, 0.3) is 0 Å². The predicted octanol–water partition coefficient (Wildman–Crippen LogP) is 4.05. The van der Waals surface area contributed by atoms with E-state index in [1.54, 1.807) is 19.1 Å². The molecule has 0 saturated heterocycles. The van der Waals surface area contributed by atoms with Gasteiger partial charge in [-0.2, -0.15) is 0 Å². The van der Waals surface area contributed by atoms with E-state index < -0.39 is 5.38 Å². The summed E-state index contributed by atoms with van der Waals surface area (Å²) in [4.78, 5) is 11.8. The summed E-state index contributed by atoms with van der Waals surface area (Å²) in [6.07, 6.45) is 0.903. The highest BCUT2D eigenvalue weighted by molar-refractivity contribution is 9.10. The molecule has 0 radical (unpaired) electrons. The van der Waals surface area contributed by atoms with E-state index in [1.807, 2.05) is 13.0 Å². The highest BCUT2D eigenvalue weighted by Gasteiger charge is 2.17. The average molecular weight is 306 g/mol. The van der Waals surface area contributed by atoms with Crippen LogP contribution in [-0.4, -0.2) is 17.8 Å². The van der Waals surface area contributed by atoms with E-state index in [4.69, 9.17) is 16.3 Å². The number of ketones is 1. The van der Waals surface area contributed by atoms with E-state index in [2.05, 4.69) is 15.9 Å². The summed E-state index contributed by atoms with van der Waals surface area (Å²) < 4.78 is 6.36. The number of ether oxygens (including phenoxy) is 1. The van der Waals surface area contributed by atoms with Crippen LogP contribution < -0.4 is 4.74 Å². The number of hydrogen-bond acceptors (Lipinski definition) is 2. The third-order valence-electron chi connectivity index (χ3n) is 2.03. The van der Waals surface area contributed by atoms with E-state index >= 15 is 0 Å². The van der Waals surface area contributed by atoms with Gasteiger partial charge in [0.15, 0.2) is 5.78 Å². The van der Waals surface area contributed by atoms with Crippen molar-refractivity contribution in [1.29, 1.82) is 0 Å². The van der Waals surface area contributed by atoms with Crippen LogP contribution in [0, 0.1) is 0 Å². The van der Waals surface area contributed by atoms with Crippen LogP contribution in [0.5, 0.6) is 5.75 Å². The fourth-order valence-electron chi connectivity index (χ4n) is 1.25. The number of rotatable bonds is 5. The SMILES string of the molecule is CCCOc1ccc(Br)cc1C(=O)C(C)Cl. The van der Waals surface area contributed by atoms with E-state index in [9.17, 15) is 4.79 Å². The van der Waals surface area contributed by atoms with Crippen LogP contribution in [0.4, 0.5) is 0 Å². The Kier molecular flexibility index (Phi) is 5.29. The third-order valence-corrected chi connectivity index (χ3v) is 2.72. The summed E-state index contributed by atoms with van der Waals surface area (Å²) in [5.74, 6) is 0.483. The summed E-state index contributed by atoms with van der Waals surface area (Å²) in [5.41, 5.74) is 0.533. The van der Waals surface area contributed by atoms with Crippen molar-refractivity contribution in [3.8, 4) is 5.75 Å². The zero-order valence-electron chi connectivity index (χ0n) is 9.30. The van der Waals surface area contributed by atoms with Crippen molar-refractivity contribution < 1.29 is 9.53 Å². The molecule has 0 amide bonds. The molecule has 0 aliphatic heterocycles. The van der Waals surface area contributed by atoms with Gasteiger partial charge in [0.2, 0.25) is 0 Å². The maximum atomic E-state index is 11.8. The molecule has 0 fully saturated rings. The fraction of sp³-hybridized carbons (Fsp3) is 0.417. The van der Waals surface area contributed by atoms with Gasteiger partial charge in [-0.05, 0) is 31.5 Å². The predicted molar refractivity (Wildman–Crippen MR) is 69.6 cm³/mol. The van der Waals surface area contributed by atoms with E-state index in [1.165, 1.54) is 0 Å². The molecule has 0 aliphatic rings. The summed E-state index contributed by atoms with van der Waals surface area (Å²) in [7, 11) is 0. The molecule has 4 heteroatoms. The largest absolute Gasteiger partial charge is 0.493 e. The number of carbonyl (C=O) groups is 1. The molecule has 0 spiro atoms. The molecule has 1 unspecified atom stereocenters. The molecule has 16 heavy (non-hydrogen) atoms. The lowest BCUT2D eigenvalue weighted by atomic mass is 10.1. The van der Waals surface area contributed by atoms with Crippen LogP contribution >= 0.6 is 27.5 Å². The molecule has 0 aromatic heterocycles. The lowest BCUT2D eigenvalue weighted by Gasteiger charge is -2.11. The Morgan fingerprint density at radius 2 is 2.25 bits per heavy atom. The monoisotopic (exact) mass is 304 g/mol. The highest BCUT2D eigenvalue weighted by Crippen LogP contribution is 2.25. The molecule has 1 aromatic rings. The van der Waals surface area contributed by atoms with Crippen molar-refractivity contribution in [3.05, 3.63) is 28.2 Å². The van der Waals surface area contributed by atoms with E-state index in [-0.39, 0.29) is 5.78 Å². The molecule has 2 nitrogen and oxygen atoms in total. The minimum Gasteiger partial charge on any atom is -0.493 e. The van der Waals surface area contributed by atoms with Gasteiger partial charge in [-0.15, -0.1) is 11.6 Å². The second kappa shape index (κ2) is 6.26. The molecule has 0 aliphatic carbocycles. The maximum absolute atomic E-state index is 11.8. The molecule has 1 aromatic carbocycles. The molecular formula is C12H14BrClO2. The van der Waals surface area contributed by atoms with Crippen LogP contribution in [-0.2, 0) is 0 Å². The van der Waals surface area contributed by atoms with Crippen LogP contribution in [0.2, 0.25) is 0 Å². The zero-order chi connectivity index (χ0) is 12.1. The van der Waals surface area contributed by atoms with E-state index in [0.29, 0.717) is 17.9 Å². The van der Waals surface area contributed by atoms with Crippen LogP contribution in [0.3, 0.4) is 0 Å². The second-order valence-electron chi connectivity index (χ2n) is 3.47. The number of halogens is 2. The van der Waals surface area contributed by atoms with Crippen LogP contribution in [0.1, 0.15) is 30.6 Å². The van der Waals surface area contributed by atoms with Gasteiger partial charge in [0.1, 0.15) is 5.75 Å². The first kappa shape index (κ1) is 13.5. The van der Waals surface area contributed by atoms with Gasteiger partial charge in [0.05, 0.1) is 17.5 Å². The Labute approximate surface area is 109 Å². The van der Waals surface area contributed by atoms with Gasteiger partial charge in [-0.3, -0.25) is 4.79 Å². The van der Waals surface area contributed by atoms with Crippen molar-refractivity contribution >= 4 is 33.3 Å². The van der Waals surface area contributed by atoms with Gasteiger partial charge in [-0.25, -0.2) is 0 Å². The number of alkyl halides is 1. The summed E-state index contributed by atoms with van der Waals surface area (Å²) in [6, 6.07) is 5.37.